The first-order valence-electron chi connectivity index (χ1n) is 9.87. The van der Waals surface area contributed by atoms with Gasteiger partial charge in [-0.05, 0) is 88.3 Å². The summed E-state index contributed by atoms with van der Waals surface area (Å²) in [6.45, 7) is 2.67. The van der Waals surface area contributed by atoms with Crippen LogP contribution in [0.5, 0.6) is 5.75 Å². The lowest BCUT2D eigenvalue weighted by Gasteiger charge is -2.12. The first-order valence-corrected chi connectivity index (χ1v) is 12.1. The van der Waals surface area contributed by atoms with Gasteiger partial charge >= 0.3 is 0 Å². The van der Waals surface area contributed by atoms with Gasteiger partial charge in [0.2, 0.25) is 0 Å². The molecule has 1 fully saturated rings. The molecule has 32 heavy (non-hydrogen) atoms. The lowest BCUT2D eigenvalue weighted by atomic mass is 10.1. The number of hydrogen-bond donors (Lipinski definition) is 0. The first kappa shape index (κ1) is 22.9. The minimum absolute atomic E-state index is 0.258. The van der Waals surface area contributed by atoms with Crippen LogP contribution in [0.3, 0.4) is 0 Å². The van der Waals surface area contributed by atoms with E-state index in [-0.39, 0.29) is 17.7 Å². The van der Waals surface area contributed by atoms with Gasteiger partial charge in [-0.3, -0.25) is 14.5 Å². The highest BCUT2D eigenvalue weighted by Crippen LogP contribution is 2.34. The number of benzene rings is 3. The summed E-state index contributed by atoms with van der Waals surface area (Å²) in [7, 11) is 0. The monoisotopic (exact) mass is 575 g/mol. The first-order chi connectivity index (χ1) is 15.4. The number of amides is 2. The van der Waals surface area contributed by atoms with E-state index in [2.05, 4.69) is 22.6 Å². The van der Waals surface area contributed by atoms with Crippen molar-refractivity contribution in [2.75, 3.05) is 0 Å². The van der Waals surface area contributed by atoms with Crippen LogP contribution in [0.1, 0.15) is 22.3 Å². The molecule has 0 radical (unpaired) electrons. The van der Waals surface area contributed by atoms with Gasteiger partial charge in [0.1, 0.15) is 12.4 Å². The number of halogens is 2. The number of carbonyl (C=O) groups excluding carboxylic acids is 2. The molecule has 3 aromatic carbocycles. The average molecular weight is 576 g/mol. The Morgan fingerprint density at radius 2 is 1.69 bits per heavy atom. The van der Waals surface area contributed by atoms with Crippen LogP contribution in [0, 0.1) is 10.5 Å². The van der Waals surface area contributed by atoms with Gasteiger partial charge in [-0.1, -0.05) is 59.6 Å². The van der Waals surface area contributed by atoms with Crippen molar-refractivity contribution < 1.29 is 14.3 Å². The molecule has 1 saturated heterocycles. The van der Waals surface area contributed by atoms with E-state index < -0.39 is 0 Å². The van der Waals surface area contributed by atoms with Crippen LogP contribution in [-0.2, 0) is 17.9 Å². The van der Waals surface area contributed by atoms with Crippen LogP contribution in [0.2, 0.25) is 5.02 Å². The number of imide groups is 1. The molecule has 3 aromatic rings. The van der Waals surface area contributed by atoms with Gasteiger partial charge in [0, 0.05) is 3.57 Å². The van der Waals surface area contributed by atoms with Gasteiger partial charge in [0.05, 0.1) is 16.5 Å². The molecular weight excluding hydrogens is 557 g/mol. The van der Waals surface area contributed by atoms with Gasteiger partial charge in [0.15, 0.2) is 0 Å². The molecule has 1 aliphatic rings. The van der Waals surface area contributed by atoms with Gasteiger partial charge in [0.25, 0.3) is 11.1 Å². The molecule has 2 amide bonds. The van der Waals surface area contributed by atoms with E-state index in [4.69, 9.17) is 16.3 Å². The van der Waals surface area contributed by atoms with Crippen molar-refractivity contribution in [2.45, 2.75) is 20.1 Å². The van der Waals surface area contributed by atoms with Crippen LogP contribution in [0.25, 0.3) is 6.08 Å². The second kappa shape index (κ2) is 10.1. The predicted molar refractivity (Wildman–Crippen MR) is 138 cm³/mol. The fraction of sp³-hybridized carbons (Fsp3) is 0.120. The van der Waals surface area contributed by atoms with E-state index in [9.17, 15) is 9.59 Å². The summed E-state index contributed by atoms with van der Waals surface area (Å²) in [5.74, 6) is 0.269. The Balaban J connectivity index is 1.44. The smallest absolute Gasteiger partial charge is 0.293 e. The third kappa shape index (κ3) is 5.54. The summed E-state index contributed by atoms with van der Waals surface area (Å²) in [5, 5.41) is 0.175. The molecule has 0 N–H and O–H groups in total. The van der Waals surface area contributed by atoms with Gasteiger partial charge in [-0.15, -0.1) is 0 Å². The molecule has 0 atom stereocenters. The molecule has 0 saturated carbocycles. The molecule has 0 unspecified atom stereocenters. The summed E-state index contributed by atoms with van der Waals surface area (Å²) in [6, 6.07) is 21.2. The van der Waals surface area contributed by atoms with E-state index in [0.29, 0.717) is 22.3 Å². The van der Waals surface area contributed by atoms with Crippen LogP contribution in [0.15, 0.2) is 71.6 Å². The summed E-state index contributed by atoms with van der Waals surface area (Å²) < 4.78 is 6.99. The van der Waals surface area contributed by atoms with E-state index in [1.54, 1.807) is 18.2 Å². The Morgan fingerprint density at radius 1 is 1.00 bits per heavy atom. The topological polar surface area (TPSA) is 46.6 Å². The van der Waals surface area contributed by atoms with Crippen molar-refractivity contribution >= 4 is 63.2 Å². The zero-order valence-corrected chi connectivity index (χ0v) is 20.9. The minimum Gasteiger partial charge on any atom is -0.487 e. The average Bonchev–Trinajstić information content (AvgIpc) is 3.03. The predicted octanol–water partition coefficient (Wildman–Crippen LogP) is 7.07. The van der Waals surface area contributed by atoms with Crippen molar-refractivity contribution in [3.8, 4) is 5.75 Å². The van der Waals surface area contributed by atoms with Crippen LogP contribution >= 0.6 is 46.0 Å². The quantitative estimate of drug-likeness (QED) is 0.233. The molecule has 0 aromatic heterocycles. The number of thioether (sulfide) groups is 1. The van der Waals surface area contributed by atoms with Crippen molar-refractivity contribution in [2.24, 2.45) is 0 Å². The Bertz CT molecular complexity index is 1190. The standard InChI is InChI=1S/C25H19ClINO3S/c1-16-2-4-17(5-3-16)14-28-24(29)23(32-25(28)30)13-19-8-11-22(21(26)12-19)31-15-18-6-9-20(27)10-7-18/h2-13H,14-15H2,1H3/b23-13-. The third-order valence-electron chi connectivity index (χ3n) is 4.90. The van der Waals surface area contributed by atoms with Crippen molar-refractivity contribution in [3.63, 3.8) is 0 Å². The van der Waals surface area contributed by atoms with Crippen molar-refractivity contribution in [1.82, 2.24) is 4.90 Å². The number of rotatable bonds is 6. The van der Waals surface area contributed by atoms with Crippen LogP contribution < -0.4 is 4.74 Å². The van der Waals surface area contributed by atoms with Crippen molar-refractivity contribution in [1.29, 1.82) is 0 Å². The van der Waals surface area contributed by atoms with Crippen LogP contribution in [-0.4, -0.2) is 16.0 Å². The van der Waals surface area contributed by atoms with Gasteiger partial charge < -0.3 is 4.74 Å². The molecule has 0 spiro atoms. The second-order valence-electron chi connectivity index (χ2n) is 7.36. The number of hydrogen-bond acceptors (Lipinski definition) is 4. The zero-order valence-electron chi connectivity index (χ0n) is 17.2. The molecular formula is C25H19ClINO3S. The SMILES string of the molecule is Cc1ccc(CN2C(=O)S/C(=C\c3ccc(OCc4ccc(I)cc4)c(Cl)c3)C2=O)cc1. The maximum absolute atomic E-state index is 12.8. The van der Waals surface area contributed by atoms with Gasteiger partial charge in [-0.25, -0.2) is 0 Å². The Labute approximate surface area is 209 Å². The lowest BCUT2D eigenvalue weighted by molar-refractivity contribution is -0.123. The summed E-state index contributed by atoms with van der Waals surface area (Å²) in [5.41, 5.74) is 3.83. The number of aryl methyl sites for hydroxylation is 1. The third-order valence-corrected chi connectivity index (χ3v) is 6.82. The highest BCUT2D eigenvalue weighted by atomic mass is 127. The molecule has 7 heteroatoms. The highest BCUT2D eigenvalue weighted by Gasteiger charge is 2.34. The maximum Gasteiger partial charge on any atom is 0.293 e. The number of carbonyl (C=O) groups is 2. The molecule has 162 valence electrons. The fourth-order valence-corrected chi connectivity index (χ4v) is 4.57. The van der Waals surface area contributed by atoms with Gasteiger partial charge in [-0.2, -0.15) is 0 Å². The summed E-state index contributed by atoms with van der Waals surface area (Å²) >= 11 is 9.60. The van der Waals surface area contributed by atoms with E-state index >= 15 is 0 Å². The van der Waals surface area contributed by atoms with Crippen LogP contribution in [0.4, 0.5) is 4.79 Å². The van der Waals surface area contributed by atoms with Crippen molar-refractivity contribution in [3.05, 3.63) is 102 Å². The number of nitrogens with zero attached hydrogens (tertiary/aromatic N) is 1. The minimum atomic E-state index is -0.296. The largest absolute Gasteiger partial charge is 0.487 e. The second-order valence-corrected chi connectivity index (χ2v) is 10.0. The van der Waals surface area contributed by atoms with E-state index in [0.717, 1.165) is 37.6 Å². The molecule has 1 heterocycles. The Hall–Kier alpha value is -2.29. The van der Waals surface area contributed by atoms with E-state index in [1.807, 2.05) is 61.5 Å². The summed E-state index contributed by atoms with van der Waals surface area (Å²) in [4.78, 5) is 26.8. The Kier molecular flexibility index (Phi) is 7.23. The lowest BCUT2D eigenvalue weighted by Crippen LogP contribution is -2.27. The summed E-state index contributed by atoms with van der Waals surface area (Å²) in [6.07, 6.45) is 1.69. The maximum atomic E-state index is 12.8. The normalized spacial score (nSPS) is 15.0. The highest BCUT2D eigenvalue weighted by molar-refractivity contribution is 14.1. The zero-order chi connectivity index (χ0) is 22.7. The molecule has 1 aliphatic heterocycles. The van der Waals surface area contributed by atoms with E-state index in [1.165, 1.54) is 4.90 Å². The molecule has 0 bridgehead atoms. The Morgan fingerprint density at radius 3 is 2.38 bits per heavy atom. The molecule has 0 aliphatic carbocycles. The fourth-order valence-electron chi connectivity index (χ4n) is 3.13. The molecule has 4 nitrogen and oxygen atoms in total. The number of ether oxygens (including phenoxy) is 1. The molecule has 4 rings (SSSR count).